The number of nitrogens with one attached hydrogen (secondary N) is 1. The summed E-state index contributed by atoms with van der Waals surface area (Å²) in [7, 11) is 0. The largest absolute Gasteiger partial charge is 0.350 e. The Morgan fingerprint density at radius 3 is 2.28 bits per heavy atom. The maximum Gasteiger partial charge on any atom is 0.258 e. The lowest BCUT2D eigenvalue weighted by Crippen LogP contribution is -2.55. The Kier molecular flexibility index (Phi) is 5.52. The van der Waals surface area contributed by atoms with Gasteiger partial charge in [-0.15, -0.1) is 11.8 Å². The molecular weight excluding hydrogens is 339 g/mol. The van der Waals surface area contributed by atoms with E-state index in [0.29, 0.717) is 5.75 Å². The number of hydrogen-bond donors (Lipinski definition) is 1. The van der Waals surface area contributed by atoms with Gasteiger partial charge in [0.25, 0.3) is 5.91 Å². The molecule has 2 atom stereocenters. The zero-order chi connectivity index (χ0) is 19.0. The van der Waals surface area contributed by atoms with Gasteiger partial charge in [-0.25, -0.2) is 4.39 Å². The molecule has 1 aliphatic rings. The highest BCUT2D eigenvalue weighted by molar-refractivity contribution is 8.00. The second kappa shape index (κ2) is 6.98. The first-order chi connectivity index (χ1) is 11.4. The SMILES string of the molecule is CC(C)(C)NC(=O)C1CSC(C(C)(C)C)N1C(=O)c1ccccc1F. The third-order valence-corrected chi connectivity index (χ3v) is 5.64. The monoisotopic (exact) mass is 366 g/mol. The van der Waals surface area contributed by atoms with E-state index in [-0.39, 0.29) is 22.3 Å². The van der Waals surface area contributed by atoms with Crippen LogP contribution in [0.3, 0.4) is 0 Å². The number of nitrogens with zero attached hydrogens (tertiary/aromatic N) is 1. The van der Waals surface area contributed by atoms with Gasteiger partial charge in [-0.1, -0.05) is 32.9 Å². The van der Waals surface area contributed by atoms with Gasteiger partial charge in [-0.05, 0) is 38.3 Å². The van der Waals surface area contributed by atoms with Crippen molar-refractivity contribution in [2.24, 2.45) is 5.41 Å². The lowest BCUT2D eigenvalue weighted by atomic mass is 9.94. The molecule has 1 heterocycles. The molecular formula is C19H27FN2O2S. The number of hydrogen-bond acceptors (Lipinski definition) is 3. The van der Waals surface area contributed by atoms with Crippen molar-refractivity contribution in [3.8, 4) is 0 Å². The molecule has 1 fully saturated rings. The van der Waals surface area contributed by atoms with Gasteiger partial charge in [0.2, 0.25) is 5.91 Å². The number of amides is 2. The van der Waals surface area contributed by atoms with Crippen LogP contribution in [0, 0.1) is 11.2 Å². The van der Waals surface area contributed by atoms with Crippen molar-refractivity contribution in [1.29, 1.82) is 0 Å². The molecule has 1 aliphatic heterocycles. The average molecular weight is 367 g/mol. The lowest BCUT2D eigenvalue weighted by molar-refractivity contribution is -0.126. The highest BCUT2D eigenvalue weighted by Crippen LogP contribution is 2.41. The zero-order valence-corrected chi connectivity index (χ0v) is 16.5. The molecule has 1 saturated heterocycles. The summed E-state index contributed by atoms with van der Waals surface area (Å²) < 4.78 is 14.2. The van der Waals surface area contributed by atoms with E-state index in [2.05, 4.69) is 5.32 Å². The summed E-state index contributed by atoms with van der Waals surface area (Å²) in [5.74, 6) is -0.690. The molecule has 2 amide bonds. The van der Waals surface area contributed by atoms with E-state index in [1.165, 1.54) is 12.1 Å². The van der Waals surface area contributed by atoms with E-state index in [0.717, 1.165) is 0 Å². The quantitative estimate of drug-likeness (QED) is 0.869. The second-order valence-electron chi connectivity index (χ2n) is 8.50. The molecule has 0 saturated carbocycles. The summed E-state index contributed by atoms with van der Waals surface area (Å²) >= 11 is 1.57. The minimum atomic E-state index is -0.611. The van der Waals surface area contributed by atoms with Crippen molar-refractivity contribution in [1.82, 2.24) is 10.2 Å². The third-order valence-electron chi connectivity index (χ3n) is 3.88. The molecule has 4 nitrogen and oxygen atoms in total. The van der Waals surface area contributed by atoms with Crippen LogP contribution in [0.5, 0.6) is 0 Å². The maximum atomic E-state index is 14.2. The highest BCUT2D eigenvalue weighted by Gasteiger charge is 2.47. The summed E-state index contributed by atoms with van der Waals surface area (Å²) in [6, 6.07) is 5.32. The normalized spacial score (nSPS) is 21.3. The number of benzene rings is 1. The Bertz CT molecular complexity index is 664. The third kappa shape index (κ3) is 4.54. The molecule has 0 radical (unpaired) electrons. The molecule has 1 aromatic carbocycles. The van der Waals surface area contributed by atoms with E-state index in [9.17, 15) is 14.0 Å². The number of halogens is 1. The zero-order valence-electron chi connectivity index (χ0n) is 15.7. The summed E-state index contributed by atoms with van der Waals surface area (Å²) in [4.78, 5) is 27.4. The Morgan fingerprint density at radius 2 is 1.76 bits per heavy atom. The van der Waals surface area contributed by atoms with Crippen LogP contribution in [0.2, 0.25) is 0 Å². The van der Waals surface area contributed by atoms with Crippen molar-refractivity contribution < 1.29 is 14.0 Å². The molecule has 25 heavy (non-hydrogen) atoms. The van der Waals surface area contributed by atoms with Gasteiger partial charge in [0.1, 0.15) is 11.9 Å². The van der Waals surface area contributed by atoms with Crippen molar-refractivity contribution in [2.75, 3.05) is 5.75 Å². The van der Waals surface area contributed by atoms with Crippen molar-refractivity contribution in [3.63, 3.8) is 0 Å². The Hall–Kier alpha value is -1.56. The van der Waals surface area contributed by atoms with Crippen LogP contribution in [-0.4, -0.2) is 39.4 Å². The summed E-state index contributed by atoms with van der Waals surface area (Å²) in [6.07, 6.45) is 0. The van der Waals surface area contributed by atoms with Gasteiger partial charge in [0.05, 0.1) is 10.9 Å². The first kappa shape index (κ1) is 19.8. The molecule has 2 unspecified atom stereocenters. The van der Waals surface area contributed by atoms with Gasteiger partial charge < -0.3 is 10.2 Å². The fourth-order valence-electron chi connectivity index (χ4n) is 2.85. The maximum absolute atomic E-state index is 14.2. The first-order valence-electron chi connectivity index (χ1n) is 8.42. The van der Waals surface area contributed by atoms with Crippen molar-refractivity contribution in [3.05, 3.63) is 35.6 Å². The van der Waals surface area contributed by atoms with Gasteiger partial charge in [0, 0.05) is 11.3 Å². The molecule has 1 aromatic rings. The minimum Gasteiger partial charge on any atom is -0.350 e. The number of carbonyl (C=O) groups excluding carboxylic acids is 2. The predicted molar refractivity (Wildman–Crippen MR) is 100.0 cm³/mol. The number of rotatable bonds is 2. The van der Waals surface area contributed by atoms with Crippen LogP contribution in [0.15, 0.2) is 24.3 Å². The van der Waals surface area contributed by atoms with E-state index < -0.39 is 23.3 Å². The van der Waals surface area contributed by atoms with Crippen LogP contribution in [-0.2, 0) is 4.79 Å². The summed E-state index contributed by atoms with van der Waals surface area (Å²) in [6.45, 7) is 11.8. The van der Waals surface area contributed by atoms with Gasteiger partial charge in [-0.3, -0.25) is 9.59 Å². The standard InChI is InChI=1S/C19H27FN2O2S/c1-18(2,3)17-22(16(24)12-9-7-8-10-13(12)20)14(11-25-17)15(23)21-19(4,5)6/h7-10,14,17H,11H2,1-6H3,(H,21,23). The summed E-state index contributed by atoms with van der Waals surface area (Å²) in [5, 5.41) is 2.75. The average Bonchev–Trinajstić information content (AvgIpc) is 2.90. The van der Waals surface area contributed by atoms with Crippen molar-refractivity contribution in [2.45, 2.75) is 58.5 Å². The first-order valence-corrected chi connectivity index (χ1v) is 9.47. The Labute approximate surface area is 153 Å². The van der Waals surface area contributed by atoms with Crippen LogP contribution >= 0.6 is 11.8 Å². The molecule has 2 rings (SSSR count). The molecule has 0 aliphatic carbocycles. The van der Waals surface area contributed by atoms with E-state index in [1.807, 2.05) is 41.5 Å². The van der Waals surface area contributed by atoms with E-state index in [4.69, 9.17) is 0 Å². The molecule has 1 N–H and O–H groups in total. The van der Waals surface area contributed by atoms with Crippen molar-refractivity contribution >= 4 is 23.6 Å². The Morgan fingerprint density at radius 1 is 1.16 bits per heavy atom. The lowest BCUT2D eigenvalue weighted by Gasteiger charge is -2.37. The summed E-state index contributed by atoms with van der Waals surface area (Å²) in [5.41, 5.74) is -0.621. The highest BCUT2D eigenvalue weighted by atomic mass is 32.2. The molecule has 6 heteroatoms. The van der Waals surface area contributed by atoms with E-state index in [1.54, 1.807) is 28.8 Å². The molecule has 138 valence electrons. The van der Waals surface area contributed by atoms with Crippen LogP contribution in [0.4, 0.5) is 4.39 Å². The Balaban J connectivity index is 2.39. The van der Waals surface area contributed by atoms with E-state index >= 15 is 0 Å². The van der Waals surface area contributed by atoms with Gasteiger partial charge in [0.15, 0.2) is 0 Å². The smallest absolute Gasteiger partial charge is 0.258 e. The minimum absolute atomic E-state index is 0.00723. The number of thioether (sulfide) groups is 1. The molecule has 0 aromatic heterocycles. The predicted octanol–water partition coefficient (Wildman–Crippen LogP) is 3.67. The molecule has 0 spiro atoms. The second-order valence-corrected chi connectivity index (χ2v) is 9.61. The van der Waals surface area contributed by atoms with Crippen LogP contribution < -0.4 is 5.32 Å². The fourth-order valence-corrected chi connectivity index (χ4v) is 4.43. The fraction of sp³-hybridized carbons (Fsp3) is 0.579. The number of carbonyl (C=O) groups is 2. The molecule has 0 bridgehead atoms. The van der Waals surface area contributed by atoms with Crippen LogP contribution in [0.1, 0.15) is 51.9 Å². The van der Waals surface area contributed by atoms with Crippen LogP contribution in [0.25, 0.3) is 0 Å². The topological polar surface area (TPSA) is 49.4 Å². The van der Waals surface area contributed by atoms with Gasteiger partial charge >= 0.3 is 0 Å². The van der Waals surface area contributed by atoms with Gasteiger partial charge in [-0.2, -0.15) is 0 Å².